The van der Waals surface area contributed by atoms with Gasteiger partial charge >= 0.3 is 6.09 Å². The monoisotopic (exact) mass is 489 g/mol. The van der Waals surface area contributed by atoms with Gasteiger partial charge in [0.05, 0.1) is 5.69 Å². The third kappa shape index (κ3) is 6.03. The summed E-state index contributed by atoms with van der Waals surface area (Å²) in [5.41, 5.74) is 3.19. The van der Waals surface area contributed by atoms with Gasteiger partial charge in [-0.2, -0.15) is 0 Å². The lowest BCUT2D eigenvalue weighted by molar-refractivity contribution is 0.201. The van der Waals surface area contributed by atoms with E-state index in [1.165, 1.54) is 0 Å². The van der Waals surface area contributed by atoms with Gasteiger partial charge in [0.15, 0.2) is 0 Å². The van der Waals surface area contributed by atoms with E-state index in [-0.39, 0.29) is 9.62 Å². The van der Waals surface area contributed by atoms with Crippen molar-refractivity contribution in [1.82, 2.24) is 14.3 Å². The second-order valence-electron chi connectivity index (χ2n) is 9.70. The van der Waals surface area contributed by atoms with E-state index >= 15 is 0 Å². The maximum Gasteiger partial charge on any atom is 0.418 e. The lowest BCUT2D eigenvalue weighted by Crippen LogP contribution is -2.28. The molecule has 1 aromatic carbocycles. The highest BCUT2D eigenvalue weighted by Gasteiger charge is 2.26. The molecule has 0 unspecified atom stereocenters. The van der Waals surface area contributed by atoms with Crippen molar-refractivity contribution in [1.29, 1.82) is 0 Å². The van der Waals surface area contributed by atoms with Crippen molar-refractivity contribution in [2.45, 2.75) is 64.1 Å². The molecule has 0 fully saturated rings. The second-order valence-corrected chi connectivity index (χ2v) is 12.7. The van der Waals surface area contributed by atoms with Gasteiger partial charge in [0.2, 0.25) is 0 Å². The van der Waals surface area contributed by atoms with Gasteiger partial charge in [-0.25, -0.2) is 22.9 Å². The third-order valence-electron chi connectivity index (χ3n) is 5.01. The van der Waals surface area contributed by atoms with E-state index in [0.717, 1.165) is 38.9 Å². The van der Waals surface area contributed by atoms with Gasteiger partial charge < -0.3 is 9.67 Å². The number of rotatable bonds is 7. The molecule has 2 N–H and O–H groups in total. The van der Waals surface area contributed by atoms with E-state index in [2.05, 4.69) is 44.2 Å². The summed E-state index contributed by atoms with van der Waals surface area (Å²) in [4.78, 5) is 16.6. The Bertz CT molecular complexity index is 1250. The maximum absolute atomic E-state index is 12.7. The zero-order chi connectivity index (χ0) is 24.6. The number of carboxylic acid groups (broad SMARTS) is 1. The molecule has 7 nitrogen and oxygen atoms in total. The third-order valence-corrected chi connectivity index (χ3v) is 8.02. The number of aryl methyl sites for hydroxylation is 1. The van der Waals surface area contributed by atoms with E-state index in [1.807, 2.05) is 43.5 Å². The first kappa shape index (κ1) is 25.0. The molecule has 0 aliphatic carbocycles. The summed E-state index contributed by atoms with van der Waals surface area (Å²) in [5.74, 6) is 1.35. The molecule has 9 heteroatoms. The van der Waals surface area contributed by atoms with Crippen LogP contribution in [0, 0.1) is 12.8 Å². The number of benzene rings is 1. The lowest BCUT2D eigenvalue weighted by Gasteiger charge is -2.20. The number of thiophene rings is 1. The molecule has 33 heavy (non-hydrogen) atoms. The minimum absolute atomic E-state index is 0.0218. The average molecular weight is 490 g/mol. The number of amides is 1. The summed E-state index contributed by atoms with van der Waals surface area (Å²) >= 11 is 1.12. The number of hydrogen-bond donors (Lipinski definition) is 2. The highest BCUT2D eigenvalue weighted by atomic mass is 32.2. The predicted molar refractivity (Wildman–Crippen MR) is 131 cm³/mol. The smallest absolute Gasteiger partial charge is 0.418 e. The summed E-state index contributed by atoms with van der Waals surface area (Å²) in [6, 6.07) is 9.57. The molecule has 3 rings (SSSR count). The van der Waals surface area contributed by atoms with Crippen molar-refractivity contribution in [3.8, 4) is 11.1 Å². The van der Waals surface area contributed by atoms with Crippen LogP contribution in [0.1, 0.15) is 56.6 Å². The molecule has 0 radical (unpaired) electrons. The maximum atomic E-state index is 12.7. The van der Waals surface area contributed by atoms with Gasteiger partial charge in [-0.3, -0.25) is 0 Å². The average Bonchev–Trinajstić information content (AvgIpc) is 3.24. The number of aromatic nitrogens is 2. The van der Waals surface area contributed by atoms with Crippen molar-refractivity contribution in [3.63, 3.8) is 0 Å². The van der Waals surface area contributed by atoms with Crippen LogP contribution >= 0.6 is 11.3 Å². The summed E-state index contributed by atoms with van der Waals surface area (Å²) in [6.45, 7) is 13.1. The Kier molecular flexibility index (Phi) is 7.04. The first-order chi connectivity index (χ1) is 15.3. The molecule has 0 atom stereocenters. The summed E-state index contributed by atoms with van der Waals surface area (Å²) in [5, 5.41) is 8.99. The zero-order valence-corrected chi connectivity index (χ0v) is 21.5. The van der Waals surface area contributed by atoms with Crippen molar-refractivity contribution >= 4 is 27.5 Å². The fourth-order valence-electron chi connectivity index (χ4n) is 3.74. The van der Waals surface area contributed by atoms with E-state index in [1.54, 1.807) is 4.72 Å². The Labute approximate surface area is 199 Å². The molecule has 2 heterocycles. The first-order valence-corrected chi connectivity index (χ1v) is 13.1. The minimum Gasteiger partial charge on any atom is -0.464 e. The van der Waals surface area contributed by atoms with Gasteiger partial charge in [-0.05, 0) is 36.5 Å². The SMILES string of the molecule is Cc1cn(Cc2ccc(-c3cc(CC(C)C)sc3S(=O)(=O)NC(=O)O)cc2)c(C(C)(C)C)n1. The molecule has 3 aromatic rings. The number of hydrogen-bond acceptors (Lipinski definition) is 5. The summed E-state index contributed by atoms with van der Waals surface area (Å²) in [7, 11) is -4.17. The van der Waals surface area contributed by atoms with E-state index in [0.29, 0.717) is 24.4 Å². The lowest BCUT2D eigenvalue weighted by atomic mass is 9.95. The molecular weight excluding hydrogens is 458 g/mol. The molecule has 0 aliphatic rings. The minimum atomic E-state index is -4.17. The molecular formula is C24H31N3O4S2. The van der Waals surface area contributed by atoms with Crippen LogP contribution in [-0.4, -0.2) is 29.2 Å². The van der Waals surface area contributed by atoms with Crippen LogP contribution in [0.3, 0.4) is 0 Å². The van der Waals surface area contributed by atoms with Crippen LogP contribution in [-0.2, 0) is 28.4 Å². The van der Waals surface area contributed by atoms with E-state index in [9.17, 15) is 13.2 Å². The van der Waals surface area contributed by atoms with Crippen molar-refractivity contribution in [3.05, 3.63) is 58.5 Å². The predicted octanol–water partition coefficient (Wildman–Crippen LogP) is 5.42. The molecule has 0 spiro atoms. The molecule has 2 aromatic heterocycles. The van der Waals surface area contributed by atoms with Gasteiger partial charge in [0.1, 0.15) is 10.0 Å². The van der Waals surface area contributed by atoms with Gasteiger partial charge in [0, 0.05) is 28.6 Å². The fourth-order valence-corrected chi connectivity index (χ4v) is 6.53. The molecule has 1 amide bonds. The Balaban J connectivity index is 1.97. The number of nitrogens with zero attached hydrogens (tertiary/aromatic N) is 2. The molecule has 0 saturated carbocycles. The zero-order valence-electron chi connectivity index (χ0n) is 19.8. The Hall–Kier alpha value is -2.65. The van der Waals surface area contributed by atoms with Crippen LogP contribution in [0.15, 0.2) is 40.7 Å². The van der Waals surface area contributed by atoms with Crippen LogP contribution in [0.25, 0.3) is 11.1 Å². The van der Waals surface area contributed by atoms with Crippen molar-refractivity contribution < 1.29 is 18.3 Å². The number of imidazole rings is 1. The quantitative estimate of drug-likeness (QED) is 0.461. The van der Waals surface area contributed by atoms with Crippen LogP contribution in [0.2, 0.25) is 0 Å². The molecule has 178 valence electrons. The molecule has 0 bridgehead atoms. The Morgan fingerprint density at radius 1 is 1.21 bits per heavy atom. The highest BCUT2D eigenvalue weighted by molar-refractivity contribution is 7.92. The molecule has 0 saturated heterocycles. The van der Waals surface area contributed by atoms with Crippen LogP contribution in [0.4, 0.5) is 4.79 Å². The van der Waals surface area contributed by atoms with Gasteiger partial charge in [0.25, 0.3) is 10.0 Å². The highest BCUT2D eigenvalue weighted by Crippen LogP contribution is 2.36. The van der Waals surface area contributed by atoms with Gasteiger partial charge in [-0.15, -0.1) is 11.3 Å². The summed E-state index contributed by atoms with van der Waals surface area (Å²) in [6.07, 6.45) is 1.15. The van der Waals surface area contributed by atoms with E-state index < -0.39 is 16.1 Å². The number of nitrogens with one attached hydrogen (secondary N) is 1. The number of carbonyl (C=O) groups is 1. The van der Waals surface area contributed by atoms with Crippen molar-refractivity contribution in [2.75, 3.05) is 0 Å². The topological polar surface area (TPSA) is 101 Å². The van der Waals surface area contributed by atoms with E-state index in [4.69, 9.17) is 5.11 Å². The Morgan fingerprint density at radius 3 is 2.39 bits per heavy atom. The number of sulfonamides is 1. The van der Waals surface area contributed by atoms with Crippen molar-refractivity contribution in [2.24, 2.45) is 5.92 Å². The Morgan fingerprint density at radius 2 is 1.85 bits per heavy atom. The first-order valence-electron chi connectivity index (χ1n) is 10.8. The summed E-state index contributed by atoms with van der Waals surface area (Å²) < 4.78 is 29.2. The standard InChI is InChI=1S/C24H31N3O4S2/c1-15(2)11-19-12-20(21(32-19)33(30,31)26-23(28)29)18-9-7-17(8-10-18)14-27-13-16(3)25-22(27)24(4,5)6/h7-10,12-13,15,26H,11,14H2,1-6H3,(H,28,29). The normalized spacial score (nSPS) is 12.3. The van der Waals surface area contributed by atoms with Crippen LogP contribution < -0.4 is 4.72 Å². The van der Waals surface area contributed by atoms with Gasteiger partial charge in [-0.1, -0.05) is 58.9 Å². The van der Waals surface area contributed by atoms with Crippen LogP contribution in [0.5, 0.6) is 0 Å². The largest absolute Gasteiger partial charge is 0.464 e. The molecule has 0 aliphatic heterocycles. The second kappa shape index (κ2) is 9.30. The fraction of sp³-hybridized carbons (Fsp3) is 0.417.